The zero-order chi connectivity index (χ0) is 11.3. The molecule has 0 spiro atoms. The number of benzene rings is 1. The lowest BCUT2D eigenvalue weighted by molar-refractivity contribution is -0.116. The highest BCUT2D eigenvalue weighted by Crippen LogP contribution is 2.23. The van der Waals surface area contributed by atoms with Crippen molar-refractivity contribution in [2.45, 2.75) is 19.8 Å². The Morgan fingerprint density at radius 2 is 2.33 bits per heavy atom. The molecule has 0 aliphatic rings. The number of hydrogen-bond donors (Lipinski definition) is 2. The average Bonchev–Trinajstić information content (AvgIpc) is 2.19. The summed E-state index contributed by atoms with van der Waals surface area (Å²) in [5, 5.41) is 12.1. The van der Waals surface area contributed by atoms with Gasteiger partial charge in [0, 0.05) is 12.8 Å². The lowest BCUT2D eigenvalue weighted by atomic mass is 10.2. The van der Waals surface area contributed by atoms with Gasteiger partial charge in [-0.05, 0) is 24.6 Å². The van der Waals surface area contributed by atoms with Gasteiger partial charge in [0.25, 0.3) is 0 Å². The van der Waals surface area contributed by atoms with Crippen LogP contribution in [0.5, 0.6) is 5.75 Å². The molecule has 1 amide bonds. The number of amides is 1. The van der Waals surface area contributed by atoms with Crippen LogP contribution < -0.4 is 5.32 Å². The van der Waals surface area contributed by atoms with Gasteiger partial charge >= 0.3 is 0 Å². The summed E-state index contributed by atoms with van der Waals surface area (Å²) < 4.78 is 0. The summed E-state index contributed by atoms with van der Waals surface area (Å²) in [4.78, 5) is 11.3. The van der Waals surface area contributed by atoms with E-state index in [1.807, 2.05) is 13.0 Å². The van der Waals surface area contributed by atoms with Crippen LogP contribution in [0.1, 0.15) is 18.4 Å². The summed E-state index contributed by atoms with van der Waals surface area (Å²) in [6, 6.07) is 5.08. The van der Waals surface area contributed by atoms with E-state index in [0.717, 1.165) is 5.56 Å². The van der Waals surface area contributed by atoms with Crippen LogP contribution in [0.4, 0.5) is 5.69 Å². The molecule has 78 valence electrons. The second-order valence-corrected chi connectivity index (χ2v) is 3.27. The fourth-order valence-corrected chi connectivity index (χ4v) is 1.15. The quantitative estimate of drug-likeness (QED) is 0.583. The topological polar surface area (TPSA) is 49.3 Å². The van der Waals surface area contributed by atoms with Crippen molar-refractivity contribution in [1.82, 2.24) is 0 Å². The number of terminal acetylenes is 1. The minimum atomic E-state index is -0.188. The van der Waals surface area contributed by atoms with Gasteiger partial charge in [-0.25, -0.2) is 0 Å². The second-order valence-electron chi connectivity index (χ2n) is 3.27. The predicted octanol–water partition coefficient (Wildman–Crippen LogP) is 2.05. The molecule has 0 saturated heterocycles. The highest BCUT2D eigenvalue weighted by Gasteiger charge is 2.05. The van der Waals surface area contributed by atoms with Crippen molar-refractivity contribution in [3.63, 3.8) is 0 Å². The molecule has 0 aliphatic carbocycles. The van der Waals surface area contributed by atoms with Gasteiger partial charge in [-0.1, -0.05) is 6.07 Å². The van der Waals surface area contributed by atoms with Gasteiger partial charge in [0.15, 0.2) is 0 Å². The van der Waals surface area contributed by atoms with Crippen LogP contribution in [-0.2, 0) is 4.79 Å². The van der Waals surface area contributed by atoms with Crippen molar-refractivity contribution in [2.24, 2.45) is 0 Å². The fraction of sp³-hybridized carbons (Fsp3) is 0.250. The Balaban J connectivity index is 2.65. The minimum absolute atomic E-state index is 0.0732. The highest BCUT2D eigenvalue weighted by atomic mass is 16.3. The van der Waals surface area contributed by atoms with Gasteiger partial charge in [-0.15, -0.1) is 12.3 Å². The number of phenols is 1. The van der Waals surface area contributed by atoms with Crippen LogP contribution in [0.25, 0.3) is 0 Å². The van der Waals surface area contributed by atoms with Gasteiger partial charge in [0.1, 0.15) is 5.75 Å². The summed E-state index contributed by atoms with van der Waals surface area (Å²) >= 11 is 0. The van der Waals surface area contributed by atoms with Crippen LogP contribution in [0.2, 0.25) is 0 Å². The Labute approximate surface area is 89.1 Å². The second kappa shape index (κ2) is 5.06. The number of carbonyl (C=O) groups is 1. The maximum atomic E-state index is 11.3. The Bertz CT molecular complexity index is 405. The average molecular weight is 203 g/mol. The number of nitrogens with one attached hydrogen (secondary N) is 1. The van der Waals surface area contributed by atoms with Gasteiger partial charge in [-0.3, -0.25) is 4.79 Å². The molecular weight excluding hydrogens is 190 g/mol. The first-order valence-corrected chi connectivity index (χ1v) is 4.66. The summed E-state index contributed by atoms with van der Waals surface area (Å²) in [7, 11) is 0. The Hall–Kier alpha value is -1.95. The van der Waals surface area contributed by atoms with Crippen molar-refractivity contribution in [3.8, 4) is 18.1 Å². The molecule has 2 N–H and O–H groups in total. The Morgan fingerprint density at radius 1 is 1.60 bits per heavy atom. The molecule has 0 unspecified atom stereocenters. The Morgan fingerprint density at radius 3 is 2.93 bits per heavy atom. The molecular formula is C12H13NO2. The predicted molar refractivity (Wildman–Crippen MR) is 59.5 cm³/mol. The molecule has 1 rings (SSSR count). The normalized spacial score (nSPS) is 9.33. The summed E-state index contributed by atoms with van der Waals surface area (Å²) in [6.07, 6.45) is 5.71. The van der Waals surface area contributed by atoms with E-state index in [-0.39, 0.29) is 18.1 Å². The molecule has 0 heterocycles. The molecule has 1 aromatic rings. The monoisotopic (exact) mass is 203 g/mol. The standard InChI is InChI=1S/C12H13NO2/c1-3-4-5-12(15)13-10-7-6-9(2)8-11(10)14/h1,6-8,14H,4-5H2,2H3,(H,13,15). The third kappa shape index (κ3) is 3.35. The lowest BCUT2D eigenvalue weighted by Crippen LogP contribution is -2.10. The number of rotatable bonds is 3. The van der Waals surface area contributed by atoms with E-state index in [0.29, 0.717) is 12.1 Å². The number of hydrogen-bond acceptors (Lipinski definition) is 2. The summed E-state index contributed by atoms with van der Waals surface area (Å²) in [6.45, 7) is 1.86. The fourth-order valence-electron chi connectivity index (χ4n) is 1.15. The van der Waals surface area contributed by atoms with Crippen LogP contribution in [-0.4, -0.2) is 11.0 Å². The van der Waals surface area contributed by atoms with Gasteiger partial charge < -0.3 is 10.4 Å². The maximum absolute atomic E-state index is 11.3. The van der Waals surface area contributed by atoms with E-state index in [2.05, 4.69) is 11.2 Å². The van der Waals surface area contributed by atoms with Crippen LogP contribution in [0.3, 0.4) is 0 Å². The first kappa shape index (κ1) is 11.1. The molecule has 15 heavy (non-hydrogen) atoms. The zero-order valence-electron chi connectivity index (χ0n) is 8.58. The number of anilines is 1. The number of aromatic hydroxyl groups is 1. The molecule has 0 aromatic heterocycles. The van der Waals surface area contributed by atoms with E-state index in [1.54, 1.807) is 12.1 Å². The number of carbonyl (C=O) groups excluding carboxylic acids is 1. The van der Waals surface area contributed by atoms with Crippen LogP contribution in [0, 0.1) is 19.3 Å². The van der Waals surface area contributed by atoms with Crippen molar-refractivity contribution >= 4 is 11.6 Å². The van der Waals surface area contributed by atoms with Crippen molar-refractivity contribution in [3.05, 3.63) is 23.8 Å². The summed E-state index contributed by atoms with van der Waals surface area (Å²) in [5.41, 5.74) is 1.36. The lowest BCUT2D eigenvalue weighted by Gasteiger charge is -2.06. The maximum Gasteiger partial charge on any atom is 0.225 e. The molecule has 3 nitrogen and oxygen atoms in total. The molecule has 0 fully saturated rings. The van der Waals surface area contributed by atoms with E-state index >= 15 is 0 Å². The largest absolute Gasteiger partial charge is 0.506 e. The third-order valence-corrected chi connectivity index (χ3v) is 1.92. The molecule has 0 radical (unpaired) electrons. The molecule has 3 heteroatoms. The van der Waals surface area contributed by atoms with Crippen molar-refractivity contribution in [2.75, 3.05) is 5.32 Å². The summed E-state index contributed by atoms with van der Waals surface area (Å²) in [5.74, 6) is 2.27. The van der Waals surface area contributed by atoms with E-state index in [9.17, 15) is 9.90 Å². The van der Waals surface area contributed by atoms with Crippen molar-refractivity contribution < 1.29 is 9.90 Å². The smallest absolute Gasteiger partial charge is 0.225 e. The van der Waals surface area contributed by atoms with Gasteiger partial charge in [0.2, 0.25) is 5.91 Å². The molecule has 0 aliphatic heterocycles. The number of phenolic OH excluding ortho intramolecular Hbond substituents is 1. The number of aryl methyl sites for hydroxylation is 1. The minimum Gasteiger partial charge on any atom is -0.506 e. The molecule has 1 aromatic carbocycles. The molecule has 0 saturated carbocycles. The molecule has 0 bridgehead atoms. The highest BCUT2D eigenvalue weighted by molar-refractivity contribution is 5.92. The first-order valence-electron chi connectivity index (χ1n) is 4.66. The van der Waals surface area contributed by atoms with E-state index in [1.165, 1.54) is 0 Å². The van der Waals surface area contributed by atoms with E-state index in [4.69, 9.17) is 6.42 Å². The molecule has 0 atom stereocenters. The third-order valence-electron chi connectivity index (χ3n) is 1.92. The zero-order valence-corrected chi connectivity index (χ0v) is 8.58. The SMILES string of the molecule is C#CCCC(=O)Nc1ccc(C)cc1O. The van der Waals surface area contributed by atoms with Gasteiger partial charge in [0.05, 0.1) is 5.69 Å². The van der Waals surface area contributed by atoms with Crippen LogP contribution in [0.15, 0.2) is 18.2 Å². The van der Waals surface area contributed by atoms with Crippen molar-refractivity contribution in [1.29, 1.82) is 0 Å². The van der Waals surface area contributed by atoms with Gasteiger partial charge in [-0.2, -0.15) is 0 Å². The van der Waals surface area contributed by atoms with Crippen LogP contribution >= 0.6 is 0 Å². The first-order chi connectivity index (χ1) is 7.13. The van der Waals surface area contributed by atoms with E-state index < -0.39 is 0 Å². The Kier molecular flexibility index (Phi) is 3.75.